The van der Waals surface area contributed by atoms with E-state index in [1.54, 1.807) is 30.3 Å². The zero-order valence-corrected chi connectivity index (χ0v) is 11.9. The number of ether oxygens (including phenoxy) is 1. The van der Waals surface area contributed by atoms with Gasteiger partial charge in [0.2, 0.25) is 5.91 Å². The molecule has 1 rings (SSSR count). The summed E-state index contributed by atoms with van der Waals surface area (Å²) in [6, 6.07) is 8.21. The van der Waals surface area contributed by atoms with E-state index in [9.17, 15) is 22.8 Å². The van der Waals surface area contributed by atoms with Crippen LogP contribution in [-0.4, -0.2) is 31.7 Å². The van der Waals surface area contributed by atoms with Crippen LogP contribution in [0.25, 0.3) is 0 Å². The number of alkyl halides is 3. The van der Waals surface area contributed by atoms with Gasteiger partial charge in [0.15, 0.2) is 0 Å². The normalized spacial score (nSPS) is 12.9. The number of hydrogen-bond acceptors (Lipinski definition) is 3. The van der Waals surface area contributed by atoms with E-state index in [2.05, 4.69) is 10.1 Å². The fraction of sp³-hybridized carbons (Fsp3) is 0.333. The topological polar surface area (TPSA) is 55.4 Å². The molecule has 7 heteroatoms. The molecule has 4 nitrogen and oxygen atoms in total. The first-order valence-corrected chi connectivity index (χ1v) is 6.47. The van der Waals surface area contributed by atoms with Crippen LogP contribution in [0.5, 0.6) is 0 Å². The van der Waals surface area contributed by atoms with Crippen molar-refractivity contribution in [2.24, 2.45) is 5.92 Å². The number of rotatable bonds is 6. The van der Waals surface area contributed by atoms with E-state index in [1.807, 2.05) is 0 Å². The Morgan fingerprint density at radius 1 is 1.23 bits per heavy atom. The van der Waals surface area contributed by atoms with Gasteiger partial charge in [-0.2, -0.15) is 13.2 Å². The predicted octanol–water partition coefficient (Wildman–Crippen LogP) is 2.25. The van der Waals surface area contributed by atoms with Crippen LogP contribution in [0.3, 0.4) is 0 Å². The summed E-state index contributed by atoms with van der Waals surface area (Å²) in [4.78, 5) is 22.2. The molecule has 0 radical (unpaired) electrons. The fourth-order valence-corrected chi connectivity index (χ4v) is 1.70. The summed E-state index contributed by atoms with van der Waals surface area (Å²) >= 11 is 0. The number of methoxy groups -OCH3 is 1. The minimum Gasteiger partial charge on any atom is -0.466 e. The number of carbonyl (C=O) groups is 2. The summed E-state index contributed by atoms with van der Waals surface area (Å²) in [5, 5.41) is 2.14. The Labute approximate surface area is 126 Å². The third kappa shape index (κ3) is 6.43. The largest absolute Gasteiger partial charge is 0.466 e. The summed E-state index contributed by atoms with van der Waals surface area (Å²) in [5.41, 5.74) is 0.532. The Morgan fingerprint density at radius 2 is 1.86 bits per heavy atom. The second-order valence-electron chi connectivity index (χ2n) is 4.53. The first-order valence-electron chi connectivity index (χ1n) is 6.47. The maximum Gasteiger partial charge on any atom is 0.393 e. The molecule has 1 amide bonds. The number of amides is 1. The molecular formula is C15H16F3NO3. The van der Waals surface area contributed by atoms with Crippen LogP contribution in [0.4, 0.5) is 13.2 Å². The van der Waals surface area contributed by atoms with Gasteiger partial charge in [-0.3, -0.25) is 4.79 Å². The fourth-order valence-electron chi connectivity index (χ4n) is 1.70. The van der Waals surface area contributed by atoms with Gasteiger partial charge in [0.25, 0.3) is 0 Å². The number of halogens is 3. The molecular weight excluding hydrogens is 299 g/mol. The smallest absolute Gasteiger partial charge is 0.393 e. The lowest BCUT2D eigenvalue weighted by Crippen LogP contribution is -2.37. The maximum atomic E-state index is 13.0. The Bertz CT molecular complexity index is 527. The third-order valence-electron chi connectivity index (χ3n) is 2.88. The van der Waals surface area contributed by atoms with Gasteiger partial charge in [-0.1, -0.05) is 30.3 Å². The van der Waals surface area contributed by atoms with Crippen molar-refractivity contribution >= 4 is 11.9 Å². The molecule has 0 aromatic heterocycles. The number of hydrogen-bond donors (Lipinski definition) is 1. The predicted molar refractivity (Wildman–Crippen MR) is 73.9 cm³/mol. The van der Waals surface area contributed by atoms with Gasteiger partial charge < -0.3 is 10.1 Å². The summed E-state index contributed by atoms with van der Waals surface area (Å²) in [6.07, 6.45) is -2.99. The molecule has 0 saturated heterocycles. The molecule has 0 aliphatic carbocycles. The second kappa shape index (κ2) is 8.21. The monoisotopic (exact) mass is 315 g/mol. The number of benzene rings is 1. The average Bonchev–Trinajstić information content (AvgIpc) is 2.48. The quantitative estimate of drug-likeness (QED) is 0.647. The summed E-state index contributed by atoms with van der Waals surface area (Å²) < 4.78 is 43.2. The van der Waals surface area contributed by atoms with Crippen molar-refractivity contribution in [1.29, 1.82) is 0 Å². The minimum atomic E-state index is -4.44. The minimum absolute atomic E-state index is 0.231. The highest BCUT2D eigenvalue weighted by atomic mass is 19.4. The van der Waals surface area contributed by atoms with Crippen molar-refractivity contribution in [2.75, 3.05) is 13.7 Å². The molecule has 1 aromatic carbocycles. The van der Waals surface area contributed by atoms with Gasteiger partial charge in [0.05, 0.1) is 13.0 Å². The Morgan fingerprint density at radius 3 is 2.41 bits per heavy atom. The average molecular weight is 315 g/mol. The highest BCUT2D eigenvalue weighted by molar-refractivity contribution is 5.94. The van der Waals surface area contributed by atoms with Crippen LogP contribution in [0.1, 0.15) is 5.56 Å². The van der Waals surface area contributed by atoms with E-state index in [0.717, 1.165) is 19.3 Å². The highest BCUT2D eigenvalue weighted by Crippen LogP contribution is 2.28. The lowest BCUT2D eigenvalue weighted by atomic mass is 9.98. The van der Waals surface area contributed by atoms with Crippen LogP contribution in [-0.2, 0) is 20.7 Å². The molecule has 22 heavy (non-hydrogen) atoms. The van der Waals surface area contributed by atoms with Crippen molar-refractivity contribution in [3.05, 3.63) is 48.0 Å². The molecule has 1 atom stereocenters. The molecule has 1 aromatic rings. The van der Waals surface area contributed by atoms with Gasteiger partial charge in [0.1, 0.15) is 0 Å². The Hall–Kier alpha value is -2.31. The van der Waals surface area contributed by atoms with Crippen LogP contribution >= 0.6 is 0 Å². The maximum absolute atomic E-state index is 13.0. The van der Waals surface area contributed by atoms with Gasteiger partial charge in [-0.05, 0) is 12.0 Å². The number of nitrogens with one attached hydrogen (secondary N) is 1. The van der Waals surface area contributed by atoms with Crippen LogP contribution in [0.15, 0.2) is 42.5 Å². The van der Waals surface area contributed by atoms with Crippen molar-refractivity contribution < 1.29 is 27.5 Å². The van der Waals surface area contributed by atoms with E-state index < -0.39 is 30.5 Å². The molecule has 0 aliphatic heterocycles. The second-order valence-corrected chi connectivity index (χ2v) is 4.53. The van der Waals surface area contributed by atoms with Gasteiger partial charge in [0, 0.05) is 18.7 Å². The SMILES string of the molecule is COC(=O)/C=C/C(=O)NCC(Cc1ccccc1)C(F)(F)F. The molecule has 120 valence electrons. The van der Waals surface area contributed by atoms with Crippen molar-refractivity contribution in [3.63, 3.8) is 0 Å². The zero-order valence-electron chi connectivity index (χ0n) is 11.9. The molecule has 0 aliphatic rings. The Kier molecular flexibility index (Phi) is 6.62. The van der Waals surface area contributed by atoms with Crippen molar-refractivity contribution in [1.82, 2.24) is 5.32 Å². The molecule has 1 N–H and O–H groups in total. The lowest BCUT2D eigenvalue weighted by molar-refractivity contribution is -0.173. The van der Waals surface area contributed by atoms with E-state index in [4.69, 9.17) is 0 Å². The van der Waals surface area contributed by atoms with Crippen LogP contribution in [0, 0.1) is 5.92 Å². The molecule has 0 fully saturated rings. The molecule has 0 bridgehead atoms. The highest BCUT2D eigenvalue weighted by Gasteiger charge is 2.39. The first kappa shape index (κ1) is 17.7. The van der Waals surface area contributed by atoms with E-state index >= 15 is 0 Å². The van der Waals surface area contributed by atoms with E-state index in [1.165, 1.54) is 0 Å². The lowest BCUT2D eigenvalue weighted by Gasteiger charge is -2.20. The standard InChI is InChI=1S/C15H16F3NO3/c1-22-14(21)8-7-13(20)19-10-12(15(16,17)18)9-11-5-3-2-4-6-11/h2-8,12H,9-10H2,1H3,(H,19,20)/b8-7+. The van der Waals surface area contributed by atoms with Crippen molar-refractivity contribution in [3.8, 4) is 0 Å². The van der Waals surface area contributed by atoms with E-state index in [0.29, 0.717) is 5.56 Å². The molecule has 0 spiro atoms. The van der Waals surface area contributed by atoms with Crippen LogP contribution in [0.2, 0.25) is 0 Å². The summed E-state index contributed by atoms with van der Waals surface area (Å²) in [5.74, 6) is -3.25. The first-order chi connectivity index (χ1) is 10.3. The molecule has 0 saturated carbocycles. The molecule has 0 heterocycles. The zero-order chi connectivity index (χ0) is 16.6. The summed E-state index contributed by atoms with van der Waals surface area (Å²) in [7, 11) is 1.13. The van der Waals surface area contributed by atoms with E-state index in [-0.39, 0.29) is 6.42 Å². The van der Waals surface area contributed by atoms with Crippen molar-refractivity contribution in [2.45, 2.75) is 12.6 Å². The van der Waals surface area contributed by atoms with Gasteiger partial charge in [-0.15, -0.1) is 0 Å². The number of esters is 1. The van der Waals surface area contributed by atoms with Crippen LogP contribution < -0.4 is 5.32 Å². The number of carbonyl (C=O) groups excluding carboxylic acids is 2. The summed E-state index contributed by atoms with van der Waals surface area (Å²) in [6.45, 7) is -0.567. The third-order valence-corrected chi connectivity index (χ3v) is 2.88. The van der Waals surface area contributed by atoms with Gasteiger partial charge in [-0.25, -0.2) is 4.79 Å². The van der Waals surface area contributed by atoms with Gasteiger partial charge >= 0.3 is 12.1 Å². The molecule has 1 unspecified atom stereocenters. The Balaban J connectivity index is 2.61.